The SMILES string of the molecule is CC(c1ccc(Cl)cc1)n1ccc2c(N)cccc21. The lowest BCUT2D eigenvalue weighted by molar-refractivity contribution is 0.664. The van der Waals surface area contributed by atoms with E-state index >= 15 is 0 Å². The number of fused-ring (bicyclic) bond motifs is 1. The molecule has 19 heavy (non-hydrogen) atoms. The lowest BCUT2D eigenvalue weighted by atomic mass is 10.1. The maximum Gasteiger partial charge on any atom is 0.0557 e. The van der Waals surface area contributed by atoms with Crippen LogP contribution < -0.4 is 5.73 Å². The van der Waals surface area contributed by atoms with E-state index in [9.17, 15) is 0 Å². The predicted molar refractivity (Wildman–Crippen MR) is 81.6 cm³/mol. The van der Waals surface area contributed by atoms with E-state index in [1.807, 2.05) is 24.3 Å². The predicted octanol–water partition coefficient (Wildman–Crippen LogP) is 4.49. The number of nitrogen functional groups attached to an aromatic ring is 1. The molecule has 3 rings (SSSR count). The molecule has 2 N–H and O–H groups in total. The minimum absolute atomic E-state index is 0.247. The Hall–Kier alpha value is -1.93. The molecule has 0 fully saturated rings. The Kier molecular flexibility index (Phi) is 2.96. The zero-order valence-corrected chi connectivity index (χ0v) is 11.4. The van der Waals surface area contributed by atoms with Gasteiger partial charge in [0.15, 0.2) is 0 Å². The first-order chi connectivity index (χ1) is 9.16. The fourth-order valence-corrected chi connectivity index (χ4v) is 2.58. The molecule has 3 aromatic rings. The number of nitrogens with two attached hydrogens (primary N) is 1. The molecule has 96 valence electrons. The van der Waals surface area contributed by atoms with Crippen LogP contribution in [0.15, 0.2) is 54.7 Å². The van der Waals surface area contributed by atoms with Crippen LogP contribution in [0.25, 0.3) is 10.9 Å². The maximum atomic E-state index is 6.00. The third-order valence-electron chi connectivity index (χ3n) is 3.57. The molecule has 0 radical (unpaired) electrons. The van der Waals surface area contributed by atoms with Gasteiger partial charge in [-0.15, -0.1) is 0 Å². The van der Waals surface area contributed by atoms with Crippen molar-refractivity contribution in [3.8, 4) is 0 Å². The largest absolute Gasteiger partial charge is 0.398 e. The minimum atomic E-state index is 0.247. The van der Waals surface area contributed by atoms with E-state index in [4.69, 9.17) is 17.3 Å². The zero-order valence-electron chi connectivity index (χ0n) is 10.7. The molecule has 2 aromatic carbocycles. The fourth-order valence-electron chi connectivity index (χ4n) is 2.45. The third-order valence-corrected chi connectivity index (χ3v) is 3.82. The molecule has 0 spiro atoms. The summed E-state index contributed by atoms with van der Waals surface area (Å²) in [6.45, 7) is 2.17. The summed E-state index contributed by atoms with van der Waals surface area (Å²) in [5.41, 5.74) is 9.20. The van der Waals surface area contributed by atoms with E-state index in [0.29, 0.717) is 0 Å². The van der Waals surface area contributed by atoms with Crippen LogP contribution in [-0.2, 0) is 0 Å². The van der Waals surface area contributed by atoms with Crippen LogP contribution in [0.3, 0.4) is 0 Å². The molecule has 1 atom stereocenters. The van der Waals surface area contributed by atoms with Gasteiger partial charge in [0.25, 0.3) is 0 Å². The van der Waals surface area contributed by atoms with Gasteiger partial charge in [-0.2, -0.15) is 0 Å². The highest BCUT2D eigenvalue weighted by molar-refractivity contribution is 6.30. The number of aromatic nitrogens is 1. The van der Waals surface area contributed by atoms with Crippen LogP contribution in [0.5, 0.6) is 0 Å². The summed E-state index contributed by atoms with van der Waals surface area (Å²) in [7, 11) is 0. The number of rotatable bonds is 2. The van der Waals surface area contributed by atoms with Gasteiger partial charge in [0.05, 0.1) is 11.6 Å². The van der Waals surface area contributed by atoms with Gasteiger partial charge in [0.1, 0.15) is 0 Å². The van der Waals surface area contributed by atoms with Crippen molar-refractivity contribution in [1.82, 2.24) is 4.57 Å². The van der Waals surface area contributed by atoms with Gasteiger partial charge in [0.2, 0.25) is 0 Å². The average Bonchev–Trinajstić information content (AvgIpc) is 2.84. The number of hydrogen-bond acceptors (Lipinski definition) is 1. The monoisotopic (exact) mass is 270 g/mol. The van der Waals surface area contributed by atoms with Crippen molar-refractivity contribution >= 4 is 28.2 Å². The van der Waals surface area contributed by atoms with Crippen LogP contribution in [-0.4, -0.2) is 4.57 Å². The molecule has 0 bridgehead atoms. The second-order valence-corrected chi connectivity index (χ2v) is 5.17. The summed E-state index contributed by atoms with van der Waals surface area (Å²) in [5, 5.41) is 1.86. The van der Waals surface area contributed by atoms with Crippen molar-refractivity contribution < 1.29 is 0 Å². The Morgan fingerprint density at radius 1 is 1.05 bits per heavy atom. The van der Waals surface area contributed by atoms with Crippen LogP contribution in [0.1, 0.15) is 18.5 Å². The van der Waals surface area contributed by atoms with Gasteiger partial charge in [-0.1, -0.05) is 29.8 Å². The molecule has 1 unspecified atom stereocenters. The lowest BCUT2D eigenvalue weighted by Gasteiger charge is -2.16. The summed E-state index contributed by atoms with van der Waals surface area (Å²) in [6.07, 6.45) is 2.08. The number of benzene rings is 2. The smallest absolute Gasteiger partial charge is 0.0557 e. The van der Waals surface area contributed by atoms with Gasteiger partial charge in [-0.05, 0) is 42.8 Å². The van der Waals surface area contributed by atoms with E-state index in [1.54, 1.807) is 0 Å². The molecule has 0 saturated heterocycles. The van der Waals surface area contributed by atoms with Gasteiger partial charge in [0, 0.05) is 22.3 Å². The van der Waals surface area contributed by atoms with Gasteiger partial charge < -0.3 is 10.3 Å². The highest BCUT2D eigenvalue weighted by atomic mass is 35.5. The maximum absolute atomic E-state index is 6.00. The number of halogens is 1. The molecule has 0 aliphatic rings. The third kappa shape index (κ3) is 2.08. The van der Waals surface area contributed by atoms with Crippen molar-refractivity contribution in [3.05, 3.63) is 65.3 Å². The van der Waals surface area contributed by atoms with Crippen molar-refractivity contribution in [2.45, 2.75) is 13.0 Å². The van der Waals surface area contributed by atoms with Crippen LogP contribution in [0, 0.1) is 0 Å². The Morgan fingerprint density at radius 3 is 2.53 bits per heavy atom. The van der Waals surface area contributed by atoms with Gasteiger partial charge >= 0.3 is 0 Å². The summed E-state index contributed by atoms with van der Waals surface area (Å²) >= 11 is 5.93. The van der Waals surface area contributed by atoms with E-state index in [1.165, 1.54) is 5.56 Å². The first-order valence-corrected chi connectivity index (χ1v) is 6.65. The Bertz CT molecular complexity index is 713. The van der Waals surface area contributed by atoms with E-state index < -0.39 is 0 Å². The molecule has 2 nitrogen and oxygen atoms in total. The standard InChI is InChI=1S/C16H15ClN2/c1-11(12-5-7-13(17)8-6-12)19-10-9-14-15(18)3-2-4-16(14)19/h2-11H,18H2,1H3. The van der Waals surface area contributed by atoms with E-state index in [2.05, 4.69) is 42.0 Å². The average molecular weight is 271 g/mol. The molecule has 0 saturated carbocycles. The summed E-state index contributed by atoms with van der Waals surface area (Å²) in [5.74, 6) is 0. The summed E-state index contributed by atoms with van der Waals surface area (Å²) in [6, 6.07) is 16.3. The molecule has 3 heteroatoms. The van der Waals surface area contributed by atoms with E-state index in [0.717, 1.165) is 21.6 Å². The molecule has 1 heterocycles. The highest BCUT2D eigenvalue weighted by Crippen LogP contribution is 2.28. The van der Waals surface area contributed by atoms with Crippen molar-refractivity contribution in [2.24, 2.45) is 0 Å². The molecular formula is C16H15ClN2. The second-order valence-electron chi connectivity index (χ2n) is 4.73. The summed E-state index contributed by atoms with van der Waals surface area (Å²) in [4.78, 5) is 0. The Labute approximate surface area is 117 Å². The summed E-state index contributed by atoms with van der Waals surface area (Å²) < 4.78 is 2.23. The minimum Gasteiger partial charge on any atom is -0.398 e. The molecule has 0 aliphatic carbocycles. The quantitative estimate of drug-likeness (QED) is 0.684. The molecule has 0 amide bonds. The zero-order chi connectivity index (χ0) is 13.4. The van der Waals surface area contributed by atoms with E-state index in [-0.39, 0.29) is 6.04 Å². The van der Waals surface area contributed by atoms with Crippen LogP contribution in [0.4, 0.5) is 5.69 Å². The topological polar surface area (TPSA) is 30.9 Å². The van der Waals surface area contributed by atoms with Crippen molar-refractivity contribution in [2.75, 3.05) is 5.73 Å². The second kappa shape index (κ2) is 4.63. The fraction of sp³-hybridized carbons (Fsp3) is 0.125. The number of nitrogens with zero attached hydrogens (tertiary/aromatic N) is 1. The van der Waals surface area contributed by atoms with Crippen molar-refractivity contribution in [1.29, 1.82) is 0 Å². The van der Waals surface area contributed by atoms with Crippen LogP contribution >= 0.6 is 11.6 Å². The van der Waals surface area contributed by atoms with Gasteiger partial charge in [-0.25, -0.2) is 0 Å². The molecule has 0 aliphatic heterocycles. The van der Waals surface area contributed by atoms with Crippen molar-refractivity contribution in [3.63, 3.8) is 0 Å². The van der Waals surface area contributed by atoms with Crippen LogP contribution in [0.2, 0.25) is 5.02 Å². The normalized spacial score (nSPS) is 12.7. The Morgan fingerprint density at radius 2 is 1.79 bits per heavy atom. The Balaban J connectivity index is 2.09. The lowest BCUT2D eigenvalue weighted by Crippen LogP contribution is -2.05. The number of anilines is 1. The highest BCUT2D eigenvalue weighted by Gasteiger charge is 2.11. The number of hydrogen-bond donors (Lipinski definition) is 1. The first-order valence-electron chi connectivity index (χ1n) is 6.27. The first kappa shape index (κ1) is 12.1. The van der Waals surface area contributed by atoms with Gasteiger partial charge in [-0.3, -0.25) is 0 Å². The molecule has 1 aromatic heterocycles. The molecular weight excluding hydrogens is 256 g/mol.